The summed E-state index contributed by atoms with van der Waals surface area (Å²) < 4.78 is 23.3. The molecule has 4 N–H and O–H groups in total. The molecule has 12 nitrogen and oxygen atoms in total. The number of allylic oxidation sites excluding steroid dienone is 1. The van der Waals surface area contributed by atoms with Gasteiger partial charge in [0, 0.05) is 11.3 Å². The molecule has 0 aromatic heterocycles. The van der Waals surface area contributed by atoms with Crippen LogP contribution in [-0.4, -0.2) is 54.6 Å². The number of para-hydroxylation sites is 1. The average molecular weight is 759 g/mol. The van der Waals surface area contributed by atoms with Gasteiger partial charge in [-0.15, -0.1) is 0 Å². The fraction of sp³-hybridized carbons (Fsp3) is 0.219. The van der Waals surface area contributed by atoms with Crippen molar-refractivity contribution in [3.63, 3.8) is 0 Å². The lowest BCUT2D eigenvalue weighted by molar-refractivity contribution is -0.139. The van der Waals surface area contributed by atoms with Gasteiger partial charge in [-0.1, -0.05) is 30.3 Å². The third-order valence-corrected chi connectivity index (χ3v) is 7.61. The lowest BCUT2D eigenvalue weighted by atomic mass is 9.95. The summed E-state index contributed by atoms with van der Waals surface area (Å²) in [5.41, 5.74) is 5.61. The van der Waals surface area contributed by atoms with Gasteiger partial charge in [-0.3, -0.25) is 4.79 Å². The fourth-order valence-corrected chi connectivity index (χ4v) is 5.52. The van der Waals surface area contributed by atoms with E-state index in [1.165, 1.54) is 25.5 Å². The Morgan fingerprint density at radius 1 is 1.09 bits per heavy atom. The molecule has 14 heteroatoms. The first-order valence-corrected chi connectivity index (χ1v) is 15.4. The van der Waals surface area contributed by atoms with Gasteiger partial charge in [-0.05, 0) is 90.1 Å². The number of hydrogen-bond acceptors (Lipinski definition) is 9. The van der Waals surface area contributed by atoms with Crippen LogP contribution in [0.15, 0.2) is 77.0 Å². The average Bonchev–Trinajstić information content (AvgIpc) is 3.03. The summed E-state index contributed by atoms with van der Waals surface area (Å²) in [5.74, 6) is -0.645. The molecule has 0 aliphatic carbocycles. The van der Waals surface area contributed by atoms with Gasteiger partial charge < -0.3 is 34.7 Å². The van der Waals surface area contributed by atoms with Crippen LogP contribution in [0.2, 0.25) is 0 Å². The molecule has 240 valence electrons. The van der Waals surface area contributed by atoms with Crippen LogP contribution >= 0.6 is 34.8 Å². The first-order chi connectivity index (χ1) is 22.1. The SMILES string of the molecule is CCOC(=O)C1=C(C)NC(=S)N[C@@H]1c1ccccc1OCC(=O)NN=Cc1cc(I)c(OCc2ccc(C(=O)O)cc2)c(OC)c1. The van der Waals surface area contributed by atoms with Crippen molar-refractivity contribution in [3.8, 4) is 17.2 Å². The van der Waals surface area contributed by atoms with Gasteiger partial charge in [-0.25, -0.2) is 15.0 Å². The monoisotopic (exact) mass is 758 g/mol. The van der Waals surface area contributed by atoms with Crippen LogP contribution < -0.4 is 30.3 Å². The van der Waals surface area contributed by atoms with Gasteiger partial charge in [0.15, 0.2) is 23.2 Å². The molecule has 3 aromatic rings. The Hall–Kier alpha value is -4.70. The second-order valence-electron chi connectivity index (χ2n) is 9.74. The van der Waals surface area contributed by atoms with E-state index in [2.05, 4.69) is 43.8 Å². The second kappa shape index (κ2) is 16.0. The second-order valence-corrected chi connectivity index (χ2v) is 11.3. The van der Waals surface area contributed by atoms with Gasteiger partial charge >= 0.3 is 11.9 Å². The Bertz CT molecular complexity index is 1690. The summed E-state index contributed by atoms with van der Waals surface area (Å²) in [7, 11) is 1.51. The standard InChI is InChI=1S/C32H31IN4O8S/c1-4-43-31(41)27-18(2)35-32(46)36-28(27)22-7-5-6-8-24(22)44-17-26(38)37-34-15-20-13-23(33)29(25(14-20)42-3)45-16-19-9-11-21(12-10-19)30(39)40/h5-15,28H,4,16-17H2,1-3H3,(H,37,38)(H,39,40)(H2,35,36,46)/t28-/m1/s1. The number of hydrazone groups is 1. The Labute approximate surface area is 284 Å². The van der Waals surface area contributed by atoms with Gasteiger partial charge in [-0.2, -0.15) is 5.10 Å². The first-order valence-electron chi connectivity index (χ1n) is 13.9. The maximum atomic E-state index is 12.8. The van der Waals surface area contributed by atoms with Gasteiger partial charge in [0.2, 0.25) is 0 Å². The third-order valence-electron chi connectivity index (χ3n) is 6.59. The van der Waals surface area contributed by atoms with Crippen LogP contribution in [0.3, 0.4) is 0 Å². The van der Waals surface area contributed by atoms with Crippen molar-refractivity contribution in [1.82, 2.24) is 16.1 Å². The van der Waals surface area contributed by atoms with Crippen LogP contribution in [0.25, 0.3) is 0 Å². The maximum absolute atomic E-state index is 12.8. The lowest BCUT2D eigenvalue weighted by Gasteiger charge is -2.30. The van der Waals surface area contributed by atoms with E-state index in [9.17, 15) is 14.4 Å². The highest BCUT2D eigenvalue weighted by Crippen LogP contribution is 2.35. The molecule has 1 aliphatic heterocycles. The number of nitrogens with one attached hydrogen (secondary N) is 3. The Balaban J connectivity index is 1.38. The van der Waals surface area contributed by atoms with Gasteiger partial charge in [0.05, 0.1) is 40.7 Å². The maximum Gasteiger partial charge on any atom is 0.338 e. The van der Waals surface area contributed by atoms with Crippen molar-refractivity contribution in [2.75, 3.05) is 20.3 Å². The minimum absolute atomic E-state index is 0.194. The van der Waals surface area contributed by atoms with E-state index in [1.807, 2.05) is 0 Å². The van der Waals surface area contributed by atoms with E-state index in [4.69, 9.17) is 36.3 Å². The number of aromatic carboxylic acids is 1. The number of methoxy groups -OCH3 is 1. The molecule has 0 unspecified atom stereocenters. The Morgan fingerprint density at radius 3 is 2.52 bits per heavy atom. The van der Waals surface area contributed by atoms with E-state index in [0.717, 1.165) is 9.13 Å². The molecule has 0 fully saturated rings. The van der Waals surface area contributed by atoms with E-state index in [-0.39, 0.29) is 25.4 Å². The van der Waals surface area contributed by atoms with Crippen LogP contribution in [0.5, 0.6) is 17.2 Å². The summed E-state index contributed by atoms with van der Waals surface area (Å²) in [6.07, 6.45) is 1.46. The van der Waals surface area contributed by atoms with Crippen LogP contribution in [-0.2, 0) is 20.9 Å². The largest absolute Gasteiger partial charge is 0.493 e. The minimum atomic E-state index is -0.996. The Kier molecular flexibility index (Phi) is 11.9. The van der Waals surface area contributed by atoms with Crippen molar-refractivity contribution < 1.29 is 38.4 Å². The van der Waals surface area contributed by atoms with Crippen molar-refractivity contribution in [2.24, 2.45) is 5.10 Å². The van der Waals surface area contributed by atoms with E-state index in [0.29, 0.717) is 44.8 Å². The zero-order valence-electron chi connectivity index (χ0n) is 25.1. The number of ether oxygens (including phenoxy) is 4. The molecular weight excluding hydrogens is 727 g/mol. The normalized spacial score (nSPS) is 14.3. The van der Waals surface area contributed by atoms with Crippen molar-refractivity contribution in [1.29, 1.82) is 0 Å². The number of carboxylic acid groups (broad SMARTS) is 1. The molecule has 0 saturated heterocycles. The smallest absolute Gasteiger partial charge is 0.338 e. The van der Waals surface area contributed by atoms with Crippen molar-refractivity contribution in [3.05, 3.63) is 97.8 Å². The molecule has 0 radical (unpaired) electrons. The zero-order chi connectivity index (χ0) is 33.2. The topological polar surface area (TPSA) is 157 Å². The van der Waals surface area contributed by atoms with E-state index >= 15 is 0 Å². The van der Waals surface area contributed by atoms with Crippen LogP contribution in [0.1, 0.15) is 46.9 Å². The van der Waals surface area contributed by atoms with Crippen LogP contribution in [0.4, 0.5) is 0 Å². The molecule has 1 atom stereocenters. The summed E-state index contributed by atoms with van der Waals surface area (Å²) in [4.78, 5) is 36.5. The summed E-state index contributed by atoms with van der Waals surface area (Å²) in [6.45, 7) is 3.54. The zero-order valence-corrected chi connectivity index (χ0v) is 28.1. The number of hydrogen-bond donors (Lipinski definition) is 4. The number of carbonyl (C=O) groups excluding carboxylic acids is 2. The summed E-state index contributed by atoms with van der Waals surface area (Å²) >= 11 is 7.43. The molecule has 0 saturated carbocycles. The molecule has 46 heavy (non-hydrogen) atoms. The lowest BCUT2D eigenvalue weighted by Crippen LogP contribution is -2.45. The highest BCUT2D eigenvalue weighted by Gasteiger charge is 2.32. The molecule has 1 heterocycles. The predicted octanol–water partition coefficient (Wildman–Crippen LogP) is 4.46. The number of thiocarbonyl (C=S) groups is 1. The van der Waals surface area contributed by atoms with Gasteiger partial charge in [0.1, 0.15) is 12.4 Å². The van der Waals surface area contributed by atoms with E-state index in [1.54, 1.807) is 62.4 Å². The highest BCUT2D eigenvalue weighted by atomic mass is 127. The fourth-order valence-electron chi connectivity index (χ4n) is 4.46. The molecule has 4 rings (SSSR count). The minimum Gasteiger partial charge on any atom is -0.493 e. The number of amides is 1. The quantitative estimate of drug-likeness (QED) is 0.0642. The van der Waals surface area contributed by atoms with E-state index < -0.39 is 23.9 Å². The number of halogens is 1. The molecule has 1 amide bonds. The highest BCUT2D eigenvalue weighted by molar-refractivity contribution is 14.1. The first kappa shape index (κ1) is 34.2. The molecule has 1 aliphatic rings. The van der Waals surface area contributed by atoms with Crippen molar-refractivity contribution in [2.45, 2.75) is 26.5 Å². The summed E-state index contributed by atoms with van der Waals surface area (Å²) in [6, 6.07) is 16.3. The summed E-state index contributed by atoms with van der Waals surface area (Å²) in [5, 5.41) is 19.5. The number of carboxylic acids is 1. The molecular formula is C32H31IN4O8S. The predicted molar refractivity (Wildman–Crippen MR) is 182 cm³/mol. The van der Waals surface area contributed by atoms with Crippen molar-refractivity contribution >= 4 is 64.0 Å². The molecule has 0 bridgehead atoms. The van der Waals surface area contributed by atoms with Crippen LogP contribution in [0, 0.1) is 3.57 Å². The number of benzene rings is 3. The Morgan fingerprint density at radius 2 is 1.83 bits per heavy atom. The number of rotatable bonds is 13. The molecule has 0 spiro atoms. The number of nitrogens with zero attached hydrogens (tertiary/aromatic N) is 1. The number of carbonyl (C=O) groups is 3. The van der Waals surface area contributed by atoms with Gasteiger partial charge in [0.25, 0.3) is 5.91 Å². The number of esters is 1. The molecule has 3 aromatic carbocycles. The third kappa shape index (κ3) is 8.72.